The molecule has 6 heavy (non-hydrogen) atoms. The van der Waals surface area contributed by atoms with Crippen LogP contribution in [0.25, 0.3) is 0 Å². The van der Waals surface area contributed by atoms with Gasteiger partial charge in [-0.1, -0.05) is 0 Å². The van der Waals surface area contributed by atoms with Gasteiger partial charge in [-0.25, -0.2) is 0 Å². The maximum Gasteiger partial charge on any atom is 0.0777 e. The Hall–Kier alpha value is 0.560. The molecule has 0 aromatic heterocycles. The van der Waals surface area contributed by atoms with Crippen LogP contribution in [0.4, 0.5) is 0 Å². The largest absolute Gasteiger partial charge is 0.183 e. The normalized spacial score (nSPS) is 10.0. The van der Waals surface area contributed by atoms with Crippen molar-refractivity contribution in [2.75, 3.05) is 0 Å². The SMILES string of the molecule is [O-][Cl+3]([O-])([O-])O.[P]. The lowest BCUT2D eigenvalue weighted by atomic mass is 15.8. The Balaban J connectivity index is 0. The van der Waals surface area contributed by atoms with Crippen LogP contribution >= 0.6 is 9.90 Å². The molecule has 37 valence electrons. The first-order valence-electron chi connectivity index (χ1n) is 0.632. The highest BCUT2D eigenvalue weighted by molar-refractivity contribution is 6.92. The van der Waals surface area contributed by atoms with Gasteiger partial charge in [0.25, 0.3) is 0 Å². The highest BCUT2D eigenvalue weighted by Gasteiger charge is 1.98. The van der Waals surface area contributed by atoms with Crippen molar-refractivity contribution in [1.29, 1.82) is 0 Å². The first-order valence-corrected chi connectivity index (χ1v) is 1.90. The minimum atomic E-state index is -4.69. The van der Waals surface area contributed by atoms with Gasteiger partial charge >= 0.3 is 0 Å². The first-order chi connectivity index (χ1) is 2.00. The van der Waals surface area contributed by atoms with Crippen molar-refractivity contribution in [2.24, 2.45) is 0 Å². The molecule has 0 aliphatic carbocycles. The fourth-order valence-electron chi connectivity index (χ4n) is 0. The van der Waals surface area contributed by atoms with E-state index in [2.05, 4.69) is 0 Å². The van der Waals surface area contributed by atoms with Crippen molar-refractivity contribution in [2.45, 2.75) is 0 Å². The highest BCUT2D eigenvalue weighted by atomic mass is 35.7. The smallest absolute Gasteiger partial charge is 0.0777 e. The van der Waals surface area contributed by atoms with Crippen LogP contribution < -0.4 is 14.0 Å². The van der Waals surface area contributed by atoms with Crippen molar-refractivity contribution in [3.8, 4) is 0 Å². The van der Waals surface area contributed by atoms with Crippen molar-refractivity contribution in [1.82, 2.24) is 0 Å². The first kappa shape index (κ1) is 9.75. The van der Waals surface area contributed by atoms with Gasteiger partial charge in [0.1, 0.15) is 0 Å². The van der Waals surface area contributed by atoms with Crippen molar-refractivity contribution in [3.63, 3.8) is 0 Å². The predicted molar refractivity (Wildman–Crippen MR) is 9.14 cm³/mol. The maximum atomic E-state index is 8.60. The molecule has 0 rings (SSSR count). The molecule has 0 saturated heterocycles. The lowest BCUT2D eigenvalue weighted by molar-refractivity contribution is -1.92. The molecular formula is HClO4P. The van der Waals surface area contributed by atoms with E-state index in [1.807, 2.05) is 0 Å². The van der Waals surface area contributed by atoms with Gasteiger partial charge in [-0.05, 0) is 0 Å². The second-order valence-electron chi connectivity index (χ2n) is 0.396. The van der Waals surface area contributed by atoms with Gasteiger partial charge in [-0.2, -0.15) is 14.0 Å². The van der Waals surface area contributed by atoms with E-state index < -0.39 is 10.2 Å². The molecule has 0 aromatic carbocycles. The zero-order valence-electron chi connectivity index (χ0n) is 2.50. The molecule has 0 bridgehead atoms. The molecular weight excluding hydrogens is 130 g/mol. The topological polar surface area (TPSA) is 89.4 Å². The average Bonchev–Trinajstić information content (AvgIpc) is 0.722. The molecule has 0 aliphatic heterocycles. The summed E-state index contributed by atoms with van der Waals surface area (Å²) in [5.41, 5.74) is 0. The molecule has 1 N–H and O–H groups in total. The molecule has 0 amide bonds. The van der Waals surface area contributed by atoms with Gasteiger partial charge < -0.3 is 0 Å². The third kappa shape index (κ3) is 184. The summed E-state index contributed by atoms with van der Waals surface area (Å²) in [7, 11) is -4.69. The fourth-order valence-corrected chi connectivity index (χ4v) is 0. The molecule has 0 unspecified atom stereocenters. The van der Waals surface area contributed by atoms with E-state index in [-0.39, 0.29) is 9.90 Å². The summed E-state index contributed by atoms with van der Waals surface area (Å²) in [6.07, 6.45) is 0. The van der Waals surface area contributed by atoms with Crippen molar-refractivity contribution < 1.29 is 28.9 Å². The van der Waals surface area contributed by atoms with Crippen LogP contribution in [0, 0.1) is 10.2 Å². The Labute approximate surface area is 39.8 Å². The summed E-state index contributed by atoms with van der Waals surface area (Å²) in [5.74, 6) is 0. The maximum absolute atomic E-state index is 8.60. The molecule has 0 fully saturated rings. The Morgan fingerprint density at radius 1 is 1.17 bits per heavy atom. The van der Waals surface area contributed by atoms with Gasteiger partial charge in [0.05, 0.1) is 14.9 Å². The molecule has 4 nitrogen and oxygen atoms in total. The molecule has 0 spiro atoms. The van der Waals surface area contributed by atoms with Crippen LogP contribution in [0.15, 0.2) is 0 Å². The number of hydrogen-bond donors (Lipinski definition) is 1. The molecule has 0 atom stereocenters. The summed E-state index contributed by atoms with van der Waals surface area (Å²) in [4.78, 5) is 0. The zero-order chi connectivity index (χ0) is 4.50. The summed E-state index contributed by atoms with van der Waals surface area (Å²) in [6.45, 7) is 0. The van der Waals surface area contributed by atoms with Crippen LogP contribution in [0.1, 0.15) is 0 Å². The Bertz CT molecular complexity index is 23.0. The van der Waals surface area contributed by atoms with E-state index in [1.54, 1.807) is 0 Å². The zero-order valence-corrected chi connectivity index (χ0v) is 4.15. The molecule has 0 aliphatic rings. The van der Waals surface area contributed by atoms with Crippen molar-refractivity contribution >= 4 is 9.90 Å². The van der Waals surface area contributed by atoms with Crippen molar-refractivity contribution in [3.05, 3.63) is 0 Å². The van der Waals surface area contributed by atoms with E-state index >= 15 is 0 Å². The van der Waals surface area contributed by atoms with Gasteiger partial charge in [-0.15, -0.1) is 0 Å². The molecule has 0 aromatic rings. The second kappa shape index (κ2) is 2.69. The minimum Gasteiger partial charge on any atom is -0.183 e. The second-order valence-corrected chi connectivity index (χ2v) is 1.19. The molecule has 3 radical (unpaired) electrons. The summed E-state index contributed by atoms with van der Waals surface area (Å²) >= 11 is 0. The lowest BCUT2D eigenvalue weighted by Crippen LogP contribution is -2.58. The third-order valence-corrected chi connectivity index (χ3v) is 0. The third-order valence-electron chi connectivity index (χ3n) is 0. The van der Waals surface area contributed by atoms with E-state index in [4.69, 9.17) is 18.6 Å². The predicted octanol–water partition coefficient (Wildman–Crippen LogP) is -3.26. The Morgan fingerprint density at radius 2 is 1.17 bits per heavy atom. The standard InChI is InChI=1S/ClHO4.P/c2-1(3,4)5;/h(H,2,3,4,5);. The minimum absolute atomic E-state index is 0. The van der Waals surface area contributed by atoms with Crippen LogP contribution in [0.5, 0.6) is 0 Å². The number of halogens is 1. The van der Waals surface area contributed by atoms with E-state index in [0.717, 1.165) is 0 Å². The number of hydrogen-bond acceptors (Lipinski definition) is 4. The summed E-state index contributed by atoms with van der Waals surface area (Å²) < 4.78 is 32.7. The molecule has 0 saturated carbocycles. The van der Waals surface area contributed by atoms with Crippen LogP contribution in [0.2, 0.25) is 0 Å². The number of rotatable bonds is 0. The van der Waals surface area contributed by atoms with Crippen LogP contribution in [-0.4, -0.2) is 4.66 Å². The Morgan fingerprint density at radius 3 is 1.17 bits per heavy atom. The highest BCUT2D eigenvalue weighted by Crippen LogP contribution is 1.60. The van der Waals surface area contributed by atoms with Crippen LogP contribution in [-0.2, 0) is 0 Å². The van der Waals surface area contributed by atoms with Gasteiger partial charge in [0, 0.05) is 9.90 Å². The van der Waals surface area contributed by atoms with Gasteiger partial charge in [0.2, 0.25) is 0 Å². The average molecular weight is 131 g/mol. The van der Waals surface area contributed by atoms with E-state index in [1.165, 1.54) is 0 Å². The van der Waals surface area contributed by atoms with Crippen LogP contribution in [0.3, 0.4) is 0 Å². The summed E-state index contributed by atoms with van der Waals surface area (Å²) in [6, 6.07) is 0. The Kier molecular flexibility index (Phi) is 4.37. The molecule has 6 heteroatoms. The fraction of sp³-hybridized carbons (Fsp3) is 0. The van der Waals surface area contributed by atoms with E-state index in [0.29, 0.717) is 0 Å². The van der Waals surface area contributed by atoms with Gasteiger partial charge in [-0.3, -0.25) is 0 Å². The molecule has 0 heterocycles. The van der Waals surface area contributed by atoms with E-state index in [9.17, 15) is 0 Å². The lowest BCUT2D eigenvalue weighted by Gasteiger charge is -2.03. The van der Waals surface area contributed by atoms with Gasteiger partial charge in [0.15, 0.2) is 0 Å². The quantitative estimate of drug-likeness (QED) is 0.350. The monoisotopic (exact) mass is 131 g/mol. The summed E-state index contributed by atoms with van der Waals surface area (Å²) in [5, 5.41) is 0.